The van der Waals surface area contributed by atoms with Gasteiger partial charge in [-0.2, -0.15) is 0 Å². The molecule has 1 aliphatic carbocycles. The first kappa shape index (κ1) is 19.3. The minimum Gasteiger partial charge on any atom is -0.497 e. The molecule has 0 radical (unpaired) electrons. The van der Waals surface area contributed by atoms with Crippen molar-refractivity contribution in [2.45, 2.75) is 44.9 Å². The van der Waals surface area contributed by atoms with Gasteiger partial charge < -0.3 is 24.5 Å². The molecule has 8 heteroatoms. The molecule has 1 saturated carbocycles. The van der Waals surface area contributed by atoms with Crippen molar-refractivity contribution in [3.63, 3.8) is 0 Å². The van der Waals surface area contributed by atoms with E-state index < -0.39 is 0 Å². The Labute approximate surface area is 158 Å². The third-order valence-corrected chi connectivity index (χ3v) is 5.03. The number of methoxy groups -OCH3 is 2. The molecular formula is C19H26N4O4. The van der Waals surface area contributed by atoms with Gasteiger partial charge >= 0.3 is 0 Å². The van der Waals surface area contributed by atoms with Crippen molar-refractivity contribution in [3.05, 3.63) is 41.0 Å². The van der Waals surface area contributed by atoms with Gasteiger partial charge in [0.05, 0.1) is 13.7 Å². The van der Waals surface area contributed by atoms with Crippen LogP contribution in [0.5, 0.6) is 5.75 Å². The van der Waals surface area contributed by atoms with Gasteiger partial charge in [0.15, 0.2) is 5.82 Å². The number of aliphatic hydroxyl groups is 1. The molecule has 146 valence electrons. The summed E-state index contributed by atoms with van der Waals surface area (Å²) in [7, 11) is 3.25. The third-order valence-electron chi connectivity index (χ3n) is 5.03. The molecule has 0 atom stereocenters. The number of rotatable bonds is 8. The Morgan fingerprint density at radius 2 is 2.11 bits per heavy atom. The third kappa shape index (κ3) is 4.12. The number of aliphatic hydroxyl groups excluding tert-OH is 1. The molecule has 27 heavy (non-hydrogen) atoms. The molecule has 1 aliphatic rings. The van der Waals surface area contributed by atoms with Gasteiger partial charge in [-0.15, -0.1) is 10.2 Å². The van der Waals surface area contributed by atoms with Gasteiger partial charge in [0, 0.05) is 31.2 Å². The van der Waals surface area contributed by atoms with Crippen molar-refractivity contribution < 1.29 is 19.4 Å². The first-order valence-electron chi connectivity index (χ1n) is 9.04. The zero-order valence-corrected chi connectivity index (χ0v) is 15.9. The SMILES string of the molecule is COCCn1c(CO)nnc1C1CC(NC(=O)c2ccc(OC)cc2C)C1. The molecule has 3 rings (SSSR count). The normalized spacial score (nSPS) is 18.8. The van der Waals surface area contributed by atoms with Crippen LogP contribution in [0.2, 0.25) is 0 Å². The lowest BCUT2D eigenvalue weighted by Crippen LogP contribution is -2.44. The molecule has 0 spiro atoms. The van der Waals surface area contributed by atoms with Crippen LogP contribution in [0.15, 0.2) is 18.2 Å². The number of aromatic nitrogens is 3. The van der Waals surface area contributed by atoms with E-state index >= 15 is 0 Å². The lowest BCUT2D eigenvalue weighted by atomic mass is 9.79. The van der Waals surface area contributed by atoms with Gasteiger partial charge in [0.25, 0.3) is 5.91 Å². The molecule has 2 aromatic rings. The van der Waals surface area contributed by atoms with Crippen LogP contribution in [0.1, 0.15) is 46.3 Å². The molecule has 8 nitrogen and oxygen atoms in total. The van der Waals surface area contributed by atoms with Gasteiger partial charge in [0.2, 0.25) is 0 Å². The van der Waals surface area contributed by atoms with Crippen molar-refractivity contribution >= 4 is 5.91 Å². The number of nitrogens with one attached hydrogen (secondary N) is 1. The second-order valence-electron chi connectivity index (χ2n) is 6.80. The fourth-order valence-corrected chi connectivity index (χ4v) is 3.42. The lowest BCUT2D eigenvalue weighted by Gasteiger charge is -2.35. The summed E-state index contributed by atoms with van der Waals surface area (Å²) in [4.78, 5) is 12.5. The van der Waals surface area contributed by atoms with Crippen LogP contribution in [-0.4, -0.2) is 52.6 Å². The largest absolute Gasteiger partial charge is 0.497 e. The van der Waals surface area contributed by atoms with E-state index in [1.54, 1.807) is 26.4 Å². The monoisotopic (exact) mass is 374 g/mol. The quantitative estimate of drug-likeness (QED) is 0.725. The maximum atomic E-state index is 12.5. The van der Waals surface area contributed by atoms with E-state index in [4.69, 9.17) is 9.47 Å². The van der Waals surface area contributed by atoms with Crippen LogP contribution in [-0.2, 0) is 17.9 Å². The minimum absolute atomic E-state index is 0.0736. The minimum atomic E-state index is -0.152. The molecule has 2 N–H and O–H groups in total. The Kier molecular flexibility index (Phi) is 6.08. The van der Waals surface area contributed by atoms with Gasteiger partial charge in [0.1, 0.15) is 18.2 Å². The van der Waals surface area contributed by atoms with Crippen molar-refractivity contribution in [3.8, 4) is 5.75 Å². The number of hydrogen-bond donors (Lipinski definition) is 2. The van der Waals surface area contributed by atoms with Crippen molar-refractivity contribution in [1.29, 1.82) is 0 Å². The molecular weight excluding hydrogens is 348 g/mol. The van der Waals surface area contributed by atoms with Crippen LogP contribution >= 0.6 is 0 Å². The van der Waals surface area contributed by atoms with Crippen LogP contribution in [0.4, 0.5) is 0 Å². The van der Waals surface area contributed by atoms with E-state index in [2.05, 4.69) is 15.5 Å². The zero-order valence-electron chi connectivity index (χ0n) is 15.9. The van der Waals surface area contributed by atoms with Gasteiger partial charge in [-0.25, -0.2) is 0 Å². The van der Waals surface area contributed by atoms with Crippen molar-refractivity contribution in [2.75, 3.05) is 20.8 Å². The fraction of sp³-hybridized carbons (Fsp3) is 0.526. The molecule has 1 aromatic heterocycles. The van der Waals surface area contributed by atoms with Crippen LogP contribution in [0, 0.1) is 6.92 Å². The smallest absolute Gasteiger partial charge is 0.251 e. The summed E-state index contributed by atoms with van der Waals surface area (Å²) in [6.45, 7) is 2.88. The predicted octanol–water partition coefficient (Wildman–Crippen LogP) is 1.41. The molecule has 1 amide bonds. The second kappa shape index (κ2) is 8.49. The number of ether oxygens (including phenoxy) is 2. The number of benzene rings is 1. The Morgan fingerprint density at radius 3 is 2.74 bits per heavy atom. The van der Waals surface area contributed by atoms with E-state index in [0.29, 0.717) is 24.5 Å². The first-order valence-corrected chi connectivity index (χ1v) is 9.04. The van der Waals surface area contributed by atoms with Crippen LogP contribution in [0.3, 0.4) is 0 Å². The standard InChI is InChI=1S/C19H26N4O4/c1-12-8-15(27-3)4-5-16(12)19(25)20-14-9-13(10-14)18-22-21-17(11-24)23(18)6-7-26-2/h4-5,8,13-14,24H,6-7,9-11H2,1-3H3,(H,20,25). The number of carbonyl (C=O) groups excluding carboxylic acids is 1. The first-order chi connectivity index (χ1) is 13.1. The fourth-order valence-electron chi connectivity index (χ4n) is 3.42. The lowest BCUT2D eigenvalue weighted by molar-refractivity contribution is 0.0905. The van der Waals surface area contributed by atoms with Gasteiger partial charge in [-0.3, -0.25) is 4.79 Å². The number of hydrogen-bond acceptors (Lipinski definition) is 6. The maximum absolute atomic E-state index is 12.5. The molecule has 0 saturated heterocycles. The van der Waals surface area contributed by atoms with E-state index in [1.165, 1.54) is 0 Å². The summed E-state index contributed by atoms with van der Waals surface area (Å²) in [5.41, 5.74) is 1.54. The molecule has 0 unspecified atom stereocenters. The Balaban J connectivity index is 1.60. The molecule has 1 fully saturated rings. The van der Waals surface area contributed by atoms with Gasteiger partial charge in [-0.05, 0) is 43.5 Å². The van der Waals surface area contributed by atoms with Gasteiger partial charge in [-0.1, -0.05) is 0 Å². The molecule has 1 aromatic carbocycles. The summed E-state index contributed by atoms with van der Waals surface area (Å²) in [6, 6.07) is 5.54. The van der Waals surface area contributed by atoms with E-state index in [9.17, 15) is 9.90 Å². The summed E-state index contributed by atoms with van der Waals surface area (Å²) in [5.74, 6) is 2.28. The highest BCUT2D eigenvalue weighted by molar-refractivity contribution is 5.96. The number of nitrogens with zero attached hydrogens (tertiary/aromatic N) is 3. The van der Waals surface area contributed by atoms with E-state index in [-0.39, 0.29) is 24.5 Å². The summed E-state index contributed by atoms with van der Waals surface area (Å²) < 4.78 is 12.2. The number of amides is 1. The average molecular weight is 374 g/mol. The summed E-state index contributed by atoms with van der Waals surface area (Å²) in [6.07, 6.45) is 1.61. The highest BCUT2D eigenvalue weighted by Crippen LogP contribution is 2.36. The Morgan fingerprint density at radius 1 is 1.33 bits per heavy atom. The van der Waals surface area contributed by atoms with E-state index in [0.717, 1.165) is 30.0 Å². The topological polar surface area (TPSA) is 98.5 Å². The Bertz CT molecular complexity index is 799. The Hall–Kier alpha value is -2.45. The average Bonchev–Trinajstić information content (AvgIpc) is 3.04. The predicted molar refractivity (Wildman–Crippen MR) is 98.8 cm³/mol. The molecule has 0 bridgehead atoms. The second-order valence-corrected chi connectivity index (χ2v) is 6.80. The van der Waals surface area contributed by atoms with E-state index in [1.807, 2.05) is 17.6 Å². The van der Waals surface area contributed by atoms with Crippen LogP contribution in [0.25, 0.3) is 0 Å². The maximum Gasteiger partial charge on any atom is 0.251 e. The van der Waals surface area contributed by atoms with Crippen molar-refractivity contribution in [1.82, 2.24) is 20.1 Å². The highest BCUT2D eigenvalue weighted by Gasteiger charge is 2.35. The molecule has 1 heterocycles. The van der Waals surface area contributed by atoms with Crippen molar-refractivity contribution in [2.24, 2.45) is 0 Å². The molecule has 0 aliphatic heterocycles. The number of aryl methyl sites for hydroxylation is 1. The highest BCUT2D eigenvalue weighted by atomic mass is 16.5. The van der Waals surface area contributed by atoms with Crippen LogP contribution < -0.4 is 10.1 Å². The zero-order chi connectivity index (χ0) is 19.4. The summed E-state index contributed by atoms with van der Waals surface area (Å²) in [5, 5.41) is 20.8. The summed E-state index contributed by atoms with van der Waals surface area (Å²) >= 11 is 0. The number of carbonyl (C=O) groups is 1.